The summed E-state index contributed by atoms with van der Waals surface area (Å²) in [5, 5.41) is 0. The molecule has 1 aliphatic carbocycles. The monoisotopic (exact) mass is 201 g/mol. The van der Waals surface area contributed by atoms with E-state index >= 15 is 0 Å². The van der Waals surface area contributed by atoms with E-state index in [-0.39, 0.29) is 6.42 Å². The topological polar surface area (TPSA) is 26.0 Å². The first-order valence-electron chi connectivity index (χ1n) is 4.36. The molecule has 0 spiro atoms. The summed E-state index contributed by atoms with van der Waals surface area (Å²) in [4.78, 5) is 0. The Morgan fingerprint density at radius 1 is 1.21 bits per heavy atom. The third kappa shape index (κ3) is 1.39. The van der Waals surface area contributed by atoms with Crippen LogP contribution in [0.25, 0.3) is 0 Å². The van der Waals surface area contributed by atoms with Crippen molar-refractivity contribution in [3.8, 4) is 0 Å². The molecule has 1 aliphatic rings. The number of rotatable bonds is 1. The minimum Gasteiger partial charge on any atom is -0.321 e. The van der Waals surface area contributed by atoms with Crippen molar-refractivity contribution in [2.24, 2.45) is 11.7 Å². The number of hydrogen-bond acceptors (Lipinski definition) is 1. The van der Waals surface area contributed by atoms with Crippen molar-refractivity contribution in [1.82, 2.24) is 0 Å². The van der Waals surface area contributed by atoms with Crippen LogP contribution in [-0.4, -0.2) is 6.18 Å². The fourth-order valence-corrected chi connectivity index (χ4v) is 1.75. The predicted octanol–water partition coefficient (Wildman–Crippen LogP) is 2.42. The van der Waals surface area contributed by atoms with Gasteiger partial charge in [0.25, 0.3) is 0 Å². The molecule has 2 atom stereocenters. The third-order valence-electron chi connectivity index (χ3n) is 2.71. The molecule has 1 fully saturated rings. The van der Waals surface area contributed by atoms with E-state index in [9.17, 15) is 13.2 Å². The maximum absolute atomic E-state index is 12.3. The standard InChI is InChI=1S/C10H10F3N/c11-10(12,13)8-6-9(8,14)7-4-2-1-3-5-7/h1-5,8H,6,14H2/t8-,9-/m1/s1. The molecule has 0 amide bonds. The van der Waals surface area contributed by atoms with Crippen LogP contribution in [0.2, 0.25) is 0 Å². The molecule has 1 saturated carbocycles. The highest BCUT2D eigenvalue weighted by molar-refractivity contribution is 5.32. The Balaban J connectivity index is 2.23. The maximum atomic E-state index is 12.3. The third-order valence-corrected chi connectivity index (χ3v) is 2.71. The lowest BCUT2D eigenvalue weighted by molar-refractivity contribution is -0.152. The Hall–Kier alpha value is -1.03. The molecule has 1 aromatic carbocycles. The molecule has 4 heteroatoms. The van der Waals surface area contributed by atoms with Gasteiger partial charge in [-0.15, -0.1) is 0 Å². The molecule has 1 nitrogen and oxygen atoms in total. The molecule has 0 unspecified atom stereocenters. The fourth-order valence-electron chi connectivity index (χ4n) is 1.75. The molecule has 76 valence electrons. The van der Waals surface area contributed by atoms with Crippen LogP contribution in [0.15, 0.2) is 30.3 Å². The van der Waals surface area contributed by atoms with Gasteiger partial charge in [0.05, 0.1) is 11.5 Å². The van der Waals surface area contributed by atoms with Gasteiger partial charge in [0.2, 0.25) is 0 Å². The minimum atomic E-state index is -4.18. The van der Waals surface area contributed by atoms with Gasteiger partial charge in [-0.05, 0) is 12.0 Å². The summed E-state index contributed by atoms with van der Waals surface area (Å²) >= 11 is 0. The Bertz CT molecular complexity index is 333. The summed E-state index contributed by atoms with van der Waals surface area (Å²) in [6.07, 6.45) is -4.18. The van der Waals surface area contributed by atoms with Crippen LogP contribution in [0.3, 0.4) is 0 Å². The Kier molecular flexibility index (Phi) is 1.86. The van der Waals surface area contributed by atoms with Crippen LogP contribution in [0.4, 0.5) is 13.2 Å². The van der Waals surface area contributed by atoms with Crippen molar-refractivity contribution in [3.05, 3.63) is 35.9 Å². The normalized spacial score (nSPS) is 31.6. The molecular weight excluding hydrogens is 191 g/mol. The second-order valence-corrected chi connectivity index (χ2v) is 3.70. The van der Waals surface area contributed by atoms with Gasteiger partial charge in [-0.25, -0.2) is 0 Å². The Morgan fingerprint density at radius 3 is 2.21 bits per heavy atom. The van der Waals surface area contributed by atoms with Crippen molar-refractivity contribution in [2.75, 3.05) is 0 Å². The van der Waals surface area contributed by atoms with Crippen molar-refractivity contribution >= 4 is 0 Å². The van der Waals surface area contributed by atoms with Crippen LogP contribution in [0, 0.1) is 5.92 Å². The lowest BCUT2D eigenvalue weighted by Gasteiger charge is -2.13. The minimum absolute atomic E-state index is 0.000509. The van der Waals surface area contributed by atoms with E-state index < -0.39 is 17.6 Å². The molecule has 0 radical (unpaired) electrons. The van der Waals surface area contributed by atoms with Gasteiger partial charge in [-0.1, -0.05) is 30.3 Å². The van der Waals surface area contributed by atoms with Crippen LogP contribution >= 0.6 is 0 Å². The van der Waals surface area contributed by atoms with Crippen LogP contribution in [0.5, 0.6) is 0 Å². The van der Waals surface area contributed by atoms with Crippen molar-refractivity contribution in [1.29, 1.82) is 0 Å². The van der Waals surface area contributed by atoms with E-state index in [1.165, 1.54) is 0 Å². The first-order valence-corrected chi connectivity index (χ1v) is 4.36. The molecular formula is C10H10F3N. The average molecular weight is 201 g/mol. The quantitative estimate of drug-likeness (QED) is 0.741. The summed E-state index contributed by atoms with van der Waals surface area (Å²) in [5.41, 5.74) is 5.07. The lowest BCUT2D eigenvalue weighted by Crippen LogP contribution is -2.28. The molecule has 0 heterocycles. The Labute approximate surface area is 79.7 Å². The van der Waals surface area contributed by atoms with Gasteiger partial charge >= 0.3 is 6.18 Å². The summed E-state index contributed by atoms with van der Waals surface area (Å²) < 4.78 is 37.0. The van der Waals surface area contributed by atoms with Crippen molar-refractivity contribution < 1.29 is 13.2 Å². The van der Waals surface area contributed by atoms with Crippen LogP contribution < -0.4 is 5.73 Å². The average Bonchev–Trinajstić information content (AvgIpc) is 2.81. The summed E-state index contributed by atoms with van der Waals surface area (Å²) in [6.45, 7) is 0. The highest BCUT2D eigenvalue weighted by Gasteiger charge is 2.65. The SMILES string of the molecule is N[C@@]1(c2ccccc2)C[C@H]1C(F)(F)F. The zero-order valence-electron chi connectivity index (χ0n) is 7.38. The molecule has 0 aromatic heterocycles. The van der Waals surface area contributed by atoms with E-state index in [4.69, 9.17) is 5.73 Å². The van der Waals surface area contributed by atoms with Gasteiger partial charge in [-0.3, -0.25) is 0 Å². The highest BCUT2D eigenvalue weighted by atomic mass is 19.4. The number of benzene rings is 1. The molecule has 0 aliphatic heterocycles. The molecule has 2 rings (SSSR count). The molecule has 14 heavy (non-hydrogen) atoms. The zero-order chi connectivity index (χ0) is 10.4. The number of alkyl halides is 3. The zero-order valence-corrected chi connectivity index (χ0v) is 7.38. The molecule has 1 aromatic rings. The second-order valence-electron chi connectivity index (χ2n) is 3.70. The van der Waals surface area contributed by atoms with Crippen molar-refractivity contribution in [2.45, 2.75) is 18.1 Å². The summed E-state index contributed by atoms with van der Waals surface area (Å²) in [5.74, 6) is -1.38. The van der Waals surface area contributed by atoms with E-state index in [1.807, 2.05) is 0 Å². The van der Waals surface area contributed by atoms with E-state index in [0.29, 0.717) is 5.56 Å². The lowest BCUT2D eigenvalue weighted by atomic mass is 10.0. The van der Waals surface area contributed by atoms with Gasteiger partial charge in [0, 0.05) is 0 Å². The smallest absolute Gasteiger partial charge is 0.321 e. The molecule has 2 N–H and O–H groups in total. The largest absolute Gasteiger partial charge is 0.393 e. The van der Waals surface area contributed by atoms with E-state index in [2.05, 4.69) is 0 Å². The van der Waals surface area contributed by atoms with Crippen LogP contribution in [0.1, 0.15) is 12.0 Å². The fraction of sp³-hybridized carbons (Fsp3) is 0.400. The van der Waals surface area contributed by atoms with Gasteiger partial charge in [0.15, 0.2) is 0 Å². The van der Waals surface area contributed by atoms with Crippen LogP contribution in [-0.2, 0) is 5.54 Å². The van der Waals surface area contributed by atoms with E-state index in [1.54, 1.807) is 30.3 Å². The predicted molar refractivity (Wildman–Crippen MR) is 46.5 cm³/mol. The highest BCUT2D eigenvalue weighted by Crippen LogP contribution is 2.57. The number of halogens is 3. The van der Waals surface area contributed by atoms with Gasteiger partial charge in [0.1, 0.15) is 0 Å². The molecule has 0 bridgehead atoms. The van der Waals surface area contributed by atoms with Crippen molar-refractivity contribution in [3.63, 3.8) is 0 Å². The number of nitrogens with two attached hydrogens (primary N) is 1. The summed E-state index contributed by atoms with van der Waals surface area (Å²) in [7, 11) is 0. The van der Waals surface area contributed by atoms with Gasteiger partial charge in [-0.2, -0.15) is 13.2 Å². The second kappa shape index (κ2) is 2.73. The first-order chi connectivity index (χ1) is 6.44. The number of hydrogen-bond donors (Lipinski definition) is 1. The first kappa shape index (κ1) is 9.52. The van der Waals surface area contributed by atoms with E-state index in [0.717, 1.165) is 0 Å². The summed E-state index contributed by atoms with van der Waals surface area (Å²) in [6, 6.07) is 8.46. The molecule has 0 saturated heterocycles. The Morgan fingerprint density at radius 2 is 1.79 bits per heavy atom. The van der Waals surface area contributed by atoms with Gasteiger partial charge < -0.3 is 5.73 Å². The maximum Gasteiger partial charge on any atom is 0.393 e.